The predicted octanol–water partition coefficient (Wildman–Crippen LogP) is 2.90. The molecule has 9 heteroatoms. The van der Waals surface area contributed by atoms with Crippen molar-refractivity contribution in [2.75, 3.05) is 11.6 Å². The molecule has 0 fully saturated rings. The van der Waals surface area contributed by atoms with Crippen molar-refractivity contribution in [3.05, 3.63) is 51.1 Å². The smallest absolute Gasteiger partial charge is 0.312 e. The molecule has 110 valence electrons. The third kappa shape index (κ3) is 3.76. The van der Waals surface area contributed by atoms with E-state index in [2.05, 4.69) is 26.2 Å². The molecule has 0 saturated heterocycles. The number of nitrogens with one attached hydrogen (secondary N) is 1. The molecule has 1 aromatic carbocycles. The van der Waals surface area contributed by atoms with E-state index in [0.717, 1.165) is 6.26 Å². The minimum Gasteiger partial charge on any atom is -0.334 e. The van der Waals surface area contributed by atoms with Crippen LogP contribution in [0.3, 0.4) is 0 Å². The number of nitrogens with zero attached hydrogens (tertiary/aromatic N) is 2. The van der Waals surface area contributed by atoms with Crippen molar-refractivity contribution >= 4 is 43.0 Å². The number of hydrogen-bond donors (Lipinski definition) is 1. The fourth-order valence-electron chi connectivity index (χ4n) is 1.59. The highest BCUT2D eigenvalue weighted by atomic mass is 79.9. The second-order valence-electron chi connectivity index (χ2n) is 4.20. The van der Waals surface area contributed by atoms with Gasteiger partial charge in [0, 0.05) is 28.7 Å². The van der Waals surface area contributed by atoms with Crippen LogP contribution in [0.2, 0.25) is 0 Å². The van der Waals surface area contributed by atoms with Crippen molar-refractivity contribution in [3.63, 3.8) is 0 Å². The van der Waals surface area contributed by atoms with Gasteiger partial charge in [0.15, 0.2) is 9.84 Å². The Hall–Kier alpha value is -2.00. The summed E-state index contributed by atoms with van der Waals surface area (Å²) in [5.74, 6) is 0.0790. The Balaban J connectivity index is 2.33. The van der Waals surface area contributed by atoms with Crippen LogP contribution in [0.5, 0.6) is 0 Å². The molecule has 1 heterocycles. The van der Waals surface area contributed by atoms with E-state index < -0.39 is 14.8 Å². The number of benzene rings is 1. The third-order valence-electron chi connectivity index (χ3n) is 2.58. The number of rotatable bonds is 4. The summed E-state index contributed by atoms with van der Waals surface area (Å²) in [6, 6.07) is 7.21. The number of anilines is 2. The van der Waals surface area contributed by atoms with Gasteiger partial charge in [-0.05, 0) is 40.2 Å². The van der Waals surface area contributed by atoms with Gasteiger partial charge >= 0.3 is 5.69 Å². The van der Waals surface area contributed by atoms with Gasteiger partial charge in [-0.1, -0.05) is 0 Å². The van der Waals surface area contributed by atoms with Gasteiger partial charge in [0.1, 0.15) is 0 Å². The second-order valence-corrected chi connectivity index (χ2v) is 7.13. The largest absolute Gasteiger partial charge is 0.334 e. The molecule has 0 bridgehead atoms. The number of halogens is 1. The van der Waals surface area contributed by atoms with Crippen LogP contribution in [0.15, 0.2) is 45.9 Å². The number of sulfone groups is 1. The van der Waals surface area contributed by atoms with Crippen LogP contribution < -0.4 is 5.32 Å². The van der Waals surface area contributed by atoms with E-state index >= 15 is 0 Å². The predicted molar refractivity (Wildman–Crippen MR) is 81.4 cm³/mol. The van der Waals surface area contributed by atoms with Crippen molar-refractivity contribution < 1.29 is 13.3 Å². The van der Waals surface area contributed by atoms with Gasteiger partial charge < -0.3 is 5.32 Å². The molecule has 1 N–H and O–H groups in total. The topological polar surface area (TPSA) is 102 Å². The average molecular weight is 372 g/mol. The zero-order chi connectivity index (χ0) is 15.6. The van der Waals surface area contributed by atoms with Gasteiger partial charge in [-0.2, -0.15) is 0 Å². The second kappa shape index (κ2) is 5.78. The number of pyridine rings is 1. The zero-order valence-electron chi connectivity index (χ0n) is 10.8. The number of nitro groups is 1. The maximum Gasteiger partial charge on any atom is 0.312 e. The van der Waals surface area contributed by atoms with E-state index in [0.29, 0.717) is 10.2 Å². The van der Waals surface area contributed by atoms with Crippen molar-refractivity contribution in [2.45, 2.75) is 4.90 Å². The van der Waals surface area contributed by atoms with Gasteiger partial charge in [0.25, 0.3) is 0 Å². The molecular formula is C12H10BrN3O4S. The summed E-state index contributed by atoms with van der Waals surface area (Å²) in [6.45, 7) is 0. The summed E-state index contributed by atoms with van der Waals surface area (Å²) in [6.07, 6.45) is 2.54. The van der Waals surface area contributed by atoms with E-state index in [1.54, 1.807) is 0 Å². The van der Waals surface area contributed by atoms with E-state index in [4.69, 9.17) is 0 Å². The highest BCUT2D eigenvalue weighted by molar-refractivity contribution is 9.10. The maximum atomic E-state index is 11.4. The minimum absolute atomic E-state index is 0.0790. The standard InChI is InChI=1S/C12H10BrN3O4S/c1-21(19,20)10-4-2-9(3-5-10)15-12-11(16(17)18)6-8(13)7-14-12/h2-7H,1H3,(H,14,15). The van der Waals surface area contributed by atoms with Crippen LogP contribution in [-0.4, -0.2) is 24.6 Å². The van der Waals surface area contributed by atoms with Crippen LogP contribution in [0.25, 0.3) is 0 Å². The highest BCUT2D eigenvalue weighted by Crippen LogP contribution is 2.28. The maximum absolute atomic E-state index is 11.4. The molecule has 0 aliphatic rings. The van der Waals surface area contributed by atoms with Crippen LogP contribution >= 0.6 is 15.9 Å². The first-order valence-electron chi connectivity index (χ1n) is 5.64. The lowest BCUT2D eigenvalue weighted by molar-refractivity contribution is -0.384. The summed E-state index contributed by atoms with van der Waals surface area (Å²) < 4.78 is 23.2. The zero-order valence-corrected chi connectivity index (χ0v) is 13.2. The lowest BCUT2D eigenvalue weighted by atomic mass is 10.3. The first-order chi connectivity index (χ1) is 9.77. The molecule has 21 heavy (non-hydrogen) atoms. The number of hydrogen-bond acceptors (Lipinski definition) is 6. The van der Waals surface area contributed by atoms with E-state index in [1.807, 2.05) is 0 Å². The number of aromatic nitrogens is 1. The Kier molecular flexibility index (Phi) is 4.24. The van der Waals surface area contributed by atoms with Crippen LogP contribution in [0.4, 0.5) is 17.2 Å². The summed E-state index contributed by atoms with van der Waals surface area (Å²) >= 11 is 3.12. The van der Waals surface area contributed by atoms with Gasteiger partial charge in [-0.3, -0.25) is 10.1 Å². The van der Waals surface area contributed by atoms with Gasteiger partial charge in [0.05, 0.1) is 9.82 Å². The van der Waals surface area contributed by atoms with Gasteiger partial charge in [0.2, 0.25) is 5.82 Å². The molecule has 2 aromatic rings. The minimum atomic E-state index is -3.28. The lowest BCUT2D eigenvalue weighted by Crippen LogP contribution is -2.01. The SMILES string of the molecule is CS(=O)(=O)c1ccc(Nc2ncc(Br)cc2[N+](=O)[O-])cc1. The molecule has 0 aliphatic heterocycles. The molecule has 0 amide bonds. The van der Waals surface area contributed by atoms with E-state index in [9.17, 15) is 18.5 Å². The fraction of sp³-hybridized carbons (Fsp3) is 0.0833. The quantitative estimate of drug-likeness (QED) is 0.654. The molecule has 0 aliphatic carbocycles. The van der Waals surface area contributed by atoms with Crippen LogP contribution in [0, 0.1) is 10.1 Å². The molecule has 7 nitrogen and oxygen atoms in total. The van der Waals surface area contributed by atoms with Crippen molar-refractivity contribution in [2.24, 2.45) is 0 Å². The van der Waals surface area contributed by atoms with Crippen molar-refractivity contribution in [1.82, 2.24) is 4.98 Å². The molecule has 1 aromatic heterocycles. The summed E-state index contributed by atoms with van der Waals surface area (Å²) in [4.78, 5) is 14.5. The van der Waals surface area contributed by atoms with E-state index in [-0.39, 0.29) is 16.4 Å². The molecule has 2 rings (SSSR count). The Morgan fingerprint density at radius 3 is 2.43 bits per heavy atom. The Morgan fingerprint density at radius 2 is 1.90 bits per heavy atom. The lowest BCUT2D eigenvalue weighted by Gasteiger charge is -2.07. The fourth-order valence-corrected chi connectivity index (χ4v) is 2.54. The molecule has 0 atom stereocenters. The summed E-state index contributed by atoms with van der Waals surface area (Å²) in [7, 11) is -3.28. The summed E-state index contributed by atoms with van der Waals surface area (Å²) in [5, 5.41) is 13.8. The molecular weight excluding hydrogens is 362 g/mol. The summed E-state index contributed by atoms with van der Waals surface area (Å²) in [5.41, 5.74) is 0.317. The van der Waals surface area contributed by atoms with Crippen molar-refractivity contribution in [3.8, 4) is 0 Å². The van der Waals surface area contributed by atoms with Crippen LogP contribution in [0.1, 0.15) is 0 Å². The Morgan fingerprint density at radius 1 is 1.29 bits per heavy atom. The Labute approximate surface area is 129 Å². The van der Waals surface area contributed by atoms with Gasteiger partial charge in [-0.25, -0.2) is 13.4 Å². The first kappa shape index (κ1) is 15.4. The monoisotopic (exact) mass is 371 g/mol. The first-order valence-corrected chi connectivity index (χ1v) is 8.33. The third-order valence-corrected chi connectivity index (χ3v) is 4.14. The average Bonchev–Trinajstić information content (AvgIpc) is 2.40. The van der Waals surface area contributed by atoms with Crippen LogP contribution in [-0.2, 0) is 9.84 Å². The van der Waals surface area contributed by atoms with E-state index in [1.165, 1.54) is 36.5 Å². The normalized spacial score (nSPS) is 11.1. The Bertz CT molecular complexity index is 791. The van der Waals surface area contributed by atoms with Gasteiger partial charge in [-0.15, -0.1) is 0 Å². The van der Waals surface area contributed by atoms with Crippen molar-refractivity contribution in [1.29, 1.82) is 0 Å². The molecule has 0 radical (unpaired) electrons. The highest BCUT2D eigenvalue weighted by Gasteiger charge is 2.16. The molecule has 0 spiro atoms. The molecule has 0 unspecified atom stereocenters. The molecule has 0 saturated carbocycles.